The van der Waals surface area contributed by atoms with Gasteiger partial charge in [0.15, 0.2) is 0 Å². The van der Waals surface area contributed by atoms with Crippen molar-refractivity contribution in [1.82, 2.24) is 4.31 Å². The van der Waals surface area contributed by atoms with Crippen molar-refractivity contribution in [3.8, 4) is 6.07 Å². The molecule has 31 heavy (non-hydrogen) atoms. The average Bonchev–Trinajstić information content (AvgIpc) is 2.72. The molecular formula is C19H15F6N3O2S. The van der Waals surface area contributed by atoms with Crippen molar-refractivity contribution in [2.45, 2.75) is 17.2 Å². The molecule has 3 rings (SSSR count). The number of anilines is 1. The van der Waals surface area contributed by atoms with Gasteiger partial charge < -0.3 is 4.90 Å². The molecule has 2 aromatic carbocycles. The van der Waals surface area contributed by atoms with E-state index in [9.17, 15) is 34.8 Å². The predicted molar refractivity (Wildman–Crippen MR) is 98.6 cm³/mol. The Morgan fingerprint density at radius 1 is 0.806 bits per heavy atom. The molecule has 166 valence electrons. The summed E-state index contributed by atoms with van der Waals surface area (Å²) in [6.07, 6.45) is -10.3. The number of nitrogens with zero attached hydrogens (tertiary/aromatic N) is 3. The second-order valence-electron chi connectivity index (χ2n) is 6.79. The van der Waals surface area contributed by atoms with Gasteiger partial charge in [-0.25, -0.2) is 8.42 Å². The van der Waals surface area contributed by atoms with Gasteiger partial charge in [0, 0.05) is 31.9 Å². The average molecular weight is 463 g/mol. The third-order valence-electron chi connectivity index (χ3n) is 4.80. The quantitative estimate of drug-likeness (QED) is 0.643. The highest BCUT2D eigenvalue weighted by Crippen LogP contribution is 2.38. The number of alkyl halides is 6. The molecule has 0 spiro atoms. The molecule has 1 saturated heterocycles. The summed E-state index contributed by atoms with van der Waals surface area (Å²) >= 11 is 0. The van der Waals surface area contributed by atoms with Crippen LogP contribution in [0.15, 0.2) is 47.4 Å². The number of hydrogen-bond donors (Lipinski definition) is 0. The largest absolute Gasteiger partial charge is 0.416 e. The molecule has 1 heterocycles. The van der Waals surface area contributed by atoms with Crippen molar-refractivity contribution < 1.29 is 34.8 Å². The van der Waals surface area contributed by atoms with Gasteiger partial charge in [-0.1, -0.05) is 0 Å². The molecule has 0 aliphatic carbocycles. The van der Waals surface area contributed by atoms with E-state index in [0.29, 0.717) is 5.56 Å². The SMILES string of the molecule is N#Cc1ccc(N2CCN(S(=O)(=O)c3cc(C(F)(F)F)cc(C(F)(F)F)c3)CC2)cc1. The fourth-order valence-electron chi connectivity index (χ4n) is 3.16. The van der Waals surface area contributed by atoms with Gasteiger partial charge in [0.25, 0.3) is 0 Å². The highest BCUT2D eigenvalue weighted by molar-refractivity contribution is 7.89. The van der Waals surface area contributed by atoms with Crippen LogP contribution in [-0.2, 0) is 22.4 Å². The highest BCUT2D eigenvalue weighted by Gasteiger charge is 2.39. The molecule has 1 aliphatic heterocycles. The van der Waals surface area contributed by atoms with Crippen molar-refractivity contribution in [2.24, 2.45) is 0 Å². The molecule has 0 saturated carbocycles. The Morgan fingerprint density at radius 2 is 1.29 bits per heavy atom. The van der Waals surface area contributed by atoms with Crippen molar-refractivity contribution in [3.05, 3.63) is 59.2 Å². The summed E-state index contributed by atoms with van der Waals surface area (Å²) in [6, 6.07) is 8.81. The molecular weight excluding hydrogens is 448 g/mol. The topological polar surface area (TPSA) is 64.4 Å². The lowest BCUT2D eigenvalue weighted by Crippen LogP contribution is -2.48. The third-order valence-corrected chi connectivity index (χ3v) is 6.68. The fraction of sp³-hybridized carbons (Fsp3) is 0.316. The Bertz CT molecular complexity index is 1070. The van der Waals surface area contributed by atoms with E-state index in [2.05, 4.69) is 0 Å². The lowest BCUT2D eigenvalue weighted by Gasteiger charge is -2.35. The maximum Gasteiger partial charge on any atom is 0.416 e. The smallest absolute Gasteiger partial charge is 0.369 e. The van der Waals surface area contributed by atoms with Crippen LogP contribution in [0.5, 0.6) is 0 Å². The predicted octanol–water partition coefficient (Wildman–Crippen LogP) is 4.11. The zero-order chi connectivity index (χ0) is 23.0. The van der Waals surface area contributed by atoms with Crippen LogP contribution in [0.1, 0.15) is 16.7 Å². The Hall–Kier alpha value is -2.78. The third kappa shape index (κ3) is 4.94. The normalized spacial score (nSPS) is 16.2. The van der Waals surface area contributed by atoms with Gasteiger partial charge in [0.2, 0.25) is 10.0 Å². The molecule has 12 heteroatoms. The molecule has 5 nitrogen and oxygen atoms in total. The van der Waals surface area contributed by atoms with E-state index >= 15 is 0 Å². The van der Waals surface area contributed by atoms with Gasteiger partial charge in [0.05, 0.1) is 27.7 Å². The minimum atomic E-state index is -5.14. The van der Waals surface area contributed by atoms with E-state index in [1.807, 2.05) is 6.07 Å². The minimum Gasteiger partial charge on any atom is -0.369 e. The van der Waals surface area contributed by atoms with E-state index in [4.69, 9.17) is 5.26 Å². The zero-order valence-corrected chi connectivity index (χ0v) is 16.5. The summed E-state index contributed by atoms with van der Waals surface area (Å²) in [5, 5.41) is 8.83. The molecule has 0 radical (unpaired) electrons. The first-order valence-electron chi connectivity index (χ1n) is 8.87. The summed E-state index contributed by atoms with van der Waals surface area (Å²) in [5.74, 6) is 0. The number of halogens is 6. The van der Waals surface area contributed by atoms with Gasteiger partial charge in [0.1, 0.15) is 0 Å². The lowest BCUT2D eigenvalue weighted by molar-refractivity contribution is -0.143. The number of piperazine rings is 1. The van der Waals surface area contributed by atoms with Crippen LogP contribution in [0.2, 0.25) is 0 Å². The number of hydrogen-bond acceptors (Lipinski definition) is 4. The molecule has 0 aromatic heterocycles. The molecule has 1 fully saturated rings. The lowest BCUT2D eigenvalue weighted by atomic mass is 10.1. The van der Waals surface area contributed by atoms with Gasteiger partial charge in [-0.15, -0.1) is 0 Å². The Morgan fingerprint density at radius 3 is 1.71 bits per heavy atom. The van der Waals surface area contributed by atoms with Gasteiger partial charge in [-0.3, -0.25) is 0 Å². The number of nitriles is 1. The van der Waals surface area contributed by atoms with Crippen molar-refractivity contribution in [3.63, 3.8) is 0 Å². The first-order chi connectivity index (χ1) is 14.3. The van der Waals surface area contributed by atoms with Crippen LogP contribution in [0.4, 0.5) is 32.0 Å². The maximum absolute atomic E-state index is 13.1. The fourth-order valence-corrected chi connectivity index (χ4v) is 4.65. The standard InChI is InChI=1S/C19H15F6N3O2S/c20-18(21,22)14-9-15(19(23,24)25)11-17(10-14)31(29,30)28-7-5-27(6-8-28)16-3-1-13(12-26)2-4-16/h1-4,9-11H,5-8H2. The van der Waals surface area contributed by atoms with E-state index < -0.39 is 38.4 Å². The molecule has 0 bridgehead atoms. The molecule has 0 unspecified atom stereocenters. The van der Waals surface area contributed by atoms with Crippen LogP contribution < -0.4 is 4.90 Å². The summed E-state index contributed by atoms with van der Waals surface area (Å²) in [4.78, 5) is 0.752. The molecule has 0 amide bonds. The Kier molecular flexibility index (Phi) is 5.94. The monoisotopic (exact) mass is 463 g/mol. The second-order valence-corrected chi connectivity index (χ2v) is 8.73. The van der Waals surface area contributed by atoms with E-state index in [0.717, 1.165) is 9.99 Å². The van der Waals surface area contributed by atoms with Crippen molar-refractivity contribution in [1.29, 1.82) is 5.26 Å². The van der Waals surface area contributed by atoms with Crippen molar-refractivity contribution in [2.75, 3.05) is 31.1 Å². The van der Waals surface area contributed by atoms with E-state index in [1.54, 1.807) is 29.2 Å². The number of benzene rings is 2. The molecule has 2 aromatic rings. The van der Waals surface area contributed by atoms with Crippen molar-refractivity contribution >= 4 is 15.7 Å². The number of sulfonamides is 1. The molecule has 0 atom stereocenters. The minimum absolute atomic E-state index is 0.109. The summed E-state index contributed by atoms with van der Waals surface area (Å²) in [5.41, 5.74) is -2.21. The summed E-state index contributed by atoms with van der Waals surface area (Å²) < 4.78 is 105. The number of rotatable bonds is 3. The second kappa shape index (κ2) is 8.05. The van der Waals surface area contributed by atoms with Gasteiger partial charge in [-0.2, -0.15) is 35.9 Å². The van der Waals surface area contributed by atoms with Crippen LogP contribution in [0.3, 0.4) is 0 Å². The van der Waals surface area contributed by atoms with E-state index in [1.165, 1.54) is 0 Å². The Labute approximate surface area is 174 Å². The van der Waals surface area contributed by atoms with Gasteiger partial charge >= 0.3 is 12.4 Å². The van der Waals surface area contributed by atoms with Crippen LogP contribution in [0.25, 0.3) is 0 Å². The highest BCUT2D eigenvalue weighted by atomic mass is 32.2. The maximum atomic E-state index is 13.1. The van der Waals surface area contributed by atoms with E-state index in [-0.39, 0.29) is 44.4 Å². The zero-order valence-electron chi connectivity index (χ0n) is 15.7. The van der Waals surface area contributed by atoms with Crippen LogP contribution in [-0.4, -0.2) is 38.9 Å². The summed E-state index contributed by atoms with van der Waals surface area (Å²) in [7, 11) is -4.58. The van der Waals surface area contributed by atoms with Crippen LogP contribution in [0, 0.1) is 11.3 Å². The van der Waals surface area contributed by atoms with Crippen LogP contribution >= 0.6 is 0 Å². The molecule has 1 aliphatic rings. The first-order valence-corrected chi connectivity index (χ1v) is 10.3. The van der Waals surface area contributed by atoms with Gasteiger partial charge in [-0.05, 0) is 42.5 Å². The first kappa shape index (κ1) is 22.9. The summed E-state index contributed by atoms with van der Waals surface area (Å²) in [6.45, 7) is 0.103. The molecule has 0 N–H and O–H groups in total. The Balaban J connectivity index is 1.86.